The molecule has 2 N–H and O–H groups in total. The molecule has 4 heteroatoms. The van der Waals surface area contributed by atoms with Crippen molar-refractivity contribution in [1.82, 2.24) is 5.32 Å². The maximum Gasteiger partial charge on any atom is 0.234 e. The van der Waals surface area contributed by atoms with E-state index in [1.165, 1.54) is 0 Å². The third kappa shape index (κ3) is 2.69. The molecule has 108 valence electrons. The molecule has 0 saturated carbocycles. The summed E-state index contributed by atoms with van der Waals surface area (Å²) in [5.41, 5.74) is 2.23. The highest BCUT2D eigenvalue weighted by Gasteiger charge is 2.38. The topological polar surface area (TPSA) is 58.2 Å². The largest absolute Gasteiger partial charge is 0.353 e. The van der Waals surface area contributed by atoms with Gasteiger partial charge in [-0.1, -0.05) is 19.1 Å². The predicted molar refractivity (Wildman–Crippen MR) is 79.7 cm³/mol. The van der Waals surface area contributed by atoms with Gasteiger partial charge < -0.3 is 10.6 Å². The summed E-state index contributed by atoms with van der Waals surface area (Å²) in [6, 6.07) is 5.94. The van der Waals surface area contributed by atoms with Crippen molar-refractivity contribution in [2.45, 2.75) is 52.0 Å². The number of fused-ring (bicyclic) bond motifs is 1. The van der Waals surface area contributed by atoms with Crippen molar-refractivity contribution in [2.75, 3.05) is 5.32 Å². The first-order valence-corrected chi connectivity index (χ1v) is 7.08. The van der Waals surface area contributed by atoms with Crippen molar-refractivity contribution in [3.63, 3.8) is 0 Å². The van der Waals surface area contributed by atoms with Crippen LogP contribution in [-0.4, -0.2) is 17.9 Å². The number of amides is 2. The SMILES string of the molecule is CCC(C)NC(=O)Cc1ccc2c(c1)C(C)(C)C(=O)N2. The number of hydrogen-bond donors (Lipinski definition) is 2. The standard InChI is InChI=1S/C16H22N2O2/c1-5-10(2)17-14(19)9-11-6-7-13-12(8-11)16(3,4)15(20)18-13/h6-8,10H,5,9H2,1-4H3,(H,17,19)(H,18,20). The smallest absolute Gasteiger partial charge is 0.234 e. The molecule has 1 atom stereocenters. The number of rotatable bonds is 4. The lowest BCUT2D eigenvalue weighted by Crippen LogP contribution is -2.33. The zero-order chi connectivity index (χ0) is 14.9. The predicted octanol–water partition coefficient (Wildman–Crippen LogP) is 2.37. The first-order valence-electron chi connectivity index (χ1n) is 7.08. The highest BCUT2D eigenvalue weighted by atomic mass is 16.2. The third-order valence-electron chi connectivity index (χ3n) is 3.96. The highest BCUT2D eigenvalue weighted by Crippen LogP contribution is 2.37. The Kier molecular flexibility index (Phi) is 3.84. The summed E-state index contributed by atoms with van der Waals surface area (Å²) in [6.45, 7) is 7.83. The molecule has 0 bridgehead atoms. The average Bonchev–Trinajstić information content (AvgIpc) is 2.60. The summed E-state index contributed by atoms with van der Waals surface area (Å²) in [4.78, 5) is 23.8. The van der Waals surface area contributed by atoms with Crippen LogP contribution in [0.2, 0.25) is 0 Å². The number of hydrogen-bond acceptors (Lipinski definition) is 2. The van der Waals surface area contributed by atoms with Gasteiger partial charge in [0.15, 0.2) is 0 Å². The zero-order valence-corrected chi connectivity index (χ0v) is 12.5. The molecule has 2 rings (SSSR count). The fourth-order valence-corrected chi connectivity index (χ4v) is 2.34. The lowest BCUT2D eigenvalue weighted by atomic mass is 9.85. The van der Waals surface area contributed by atoms with Crippen molar-refractivity contribution in [3.05, 3.63) is 29.3 Å². The van der Waals surface area contributed by atoms with E-state index in [-0.39, 0.29) is 17.9 Å². The van der Waals surface area contributed by atoms with Gasteiger partial charge >= 0.3 is 0 Å². The molecule has 1 aliphatic heterocycles. The van der Waals surface area contributed by atoms with Gasteiger partial charge in [-0.2, -0.15) is 0 Å². The Morgan fingerprint density at radius 1 is 1.40 bits per heavy atom. The Hall–Kier alpha value is -1.84. The Bertz CT molecular complexity index is 549. The van der Waals surface area contributed by atoms with Gasteiger partial charge in [0.25, 0.3) is 0 Å². The minimum atomic E-state index is -0.529. The van der Waals surface area contributed by atoms with Crippen LogP contribution in [-0.2, 0) is 21.4 Å². The highest BCUT2D eigenvalue weighted by molar-refractivity contribution is 6.05. The van der Waals surface area contributed by atoms with Crippen LogP contribution in [0.4, 0.5) is 5.69 Å². The maximum absolute atomic E-state index is 11.9. The quantitative estimate of drug-likeness (QED) is 0.885. The van der Waals surface area contributed by atoms with Crippen molar-refractivity contribution in [2.24, 2.45) is 0 Å². The molecule has 0 radical (unpaired) electrons. The Morgan fingerprint density at radius 2 is 2.10 bits per heavy atom. The van der Waals surface area contributed by atoms with Gasteiger partial charge in [0.05, 0.1) is 11.8 Å². The zero-order valence-electron chi connectivity index (χ0n) is 12.5. The molecule has 1 heterocycles. The Balaban J connectivity index is 2.15. The van der Waals surface area contributed by atoms with E-state index in [1.807, 2.05) is 45.9 Å². The molecule has 0 aliphatic carbocycles. The van der Waals surface area contributed by atoms with E-state index in [1.54, 1.807) is 0 Å². The van der Waals surface area contributed by atoms with Crippen LogP contribution in [0.25, 0.3) is 0 Å². The Labute approximate surface area is 119 Å². The summed E-state index contributed by atoms with van der Waals surface area (Å²) in [7, 11) is 0. The second kappa shape index (κ2) is 5.27. The summed E-state index contributed by atoms with van der Waals surface area (Å²) >= 11 is 0. The van der Waals surface area contributed by atoms with Gasteiger partial charge in [-0.05, 0) is 44.4 Å². The number of carbonyl (C=O) groups is 2. The first kappa shape index (κ1) is 14.6. The van der Waals surface area contributed by atoms with Crippen molar-refractivity contribution < 1.29 is 9.59 Å². The van der Waals surface area contributed by atoms with Crippen LogP contribution in [0, 0.1) is 0 Å². The van der Waals surface area contributed by atoms with E-state index in [4.69, 9.17) is 0 Å². The number of anilines is 1. The lowest BCUT2D eigenvalue weighted by Gasteiger charge is -2.16. The van der Waals surface area contributed by atoms with Crippen LogP contribution >= 0.6 is 0 Å². The van der Waals surface area contributed by atoms with E-state index in [2.05, 4.69) is 10.6 Å². The molecule has 1 aromatic carbocycles. The molecular formula is C16H22N2O2. The van der Waals surface area contributed by atoms with Gasteiger partial charge in [-0.25, -0.2) is 0 Å². The van der Waals surface area contributed by atoms with Crippen molar-refractivity contribution in [1.29, 1.82) is 0 Å². The van der Waals surface area contributed by atoms with E-state index < -0.39 is 5.41 Å². The van der Waals surface area contributed by atoms with Crippen molar-refractivity contribution in [3.8, 4) is 0 Å². The third-order valence-corrected chi connectivity index (χ3v) is 3.96. The average molecular weight is 274 g/mol. The molecule has 0 aromatic heterocycles. The van der Waals surface area contributed by atoms with E-state index in [0.717, 1.165) is 23.2 Å². The molecule has 0 saturated heterocycles. The normalized spacial score (nSPS) is 17.3. The fraction of sp³-hybridized carbons (Fsp3) is 0.500. The number of nitrogens with one attached hydrogen (secondary N) is 2. The minimum Gasteiger partial charge on any atom is -0.353 e. The molecule has 1 unspecified atom stereocenters. The van der Waals surface area contributed by atoms with E-state index >= 15 is 0 Å². The second-order valence-corrected chi connectivity index (χ2v) is 6.01. The van der Waals surface area contributed by atoms with Crippen LogP contribution in [0.5, 0.6) is 0 Å². The fourth-order valence-electron chi connectivity index (χ4n) is 2.34. The minimum absolute atomic E-state index is 0.00806. The molecule has 0 spiro atoms. The van der Waals surface area contributed by atoms with Crippen LogP contribution in [0.3, 0.4) is 0 Å². The molecule has 0 fully saturated rings. The van der Waals surface area contributed by atoms with E-state index in [0.29, 0.717) is 6.42 Å². The maximum atomic E-state index is 11.9. The van der Waals surface area contributed by atoms with Crippen LogP contribution < -0.4 is 10.6 Å². The summed E-state index contributed by atoms with van der Waals surface area (Å²) < 4.78 is 0. The Morgan fingerprint density at radius 3 is 2.75 bits per heavy atom. The molecule has 2 amide bonds. The lowest BCUT2D eigenvalue weighted by molar-refractivity contribution is -0.121. The van der Waals surface area contributed by atoms with Crippen LogP contribution in [0.1, 0.15) is 45.2 Å². The summed E-state index contributed by atoms with van der Waals surface area (Å²) in [5.74, 6) is 0.0306. The number of benzene rings is 1. The molecular weight excluding hydrogens is 252 g/mol. The molecule has 1 aromatic rings. The van der Waals surface area contributed by atoms with Gasteiger partial charge in [-0.15, -0.1) is 0 Å². The second-order valence-electron chi connectivity index (χ2n) is 6.01. The van der Waals surface area contributed by atoms with Crippen molar-refractivity contribution >= 4 is 17.5 Å². The van der Waals surface area contributed by atoms with Crippen LogP contribution in [0.15, 0.2) is 18.2 Å². The molecule has 4 nitrogen and oxygen atoms in total. The van der Waals surface area contributed by atoms with Gasteiger partial charge in [0.1, 0.15) is 0 Å². The summed E-state index contributed by atoms with van der Waals surface area (Å²) in [6.07, 6.45) is 1.27. The summed E-state index contributed by atoms with van der Waals surface area (Å²) in [5, 5.41) is 5.82. The molecule has 20 heavy (non-hydrogen) atoms. The van der Waals surface area contributed by atoms with Gasteiger partial charge in [0.2, 0.25) is 11.8 Å². The van der Waals surface area contributed by atoms with Gasteiger partial charge in [0, 0.05) is 11.7 Å². The molecule has 1 aliphatic rings. The first-order chi connectivity index (χ1) is 9.34. The van der Waals surface area contributed by atoms with E-state index in [9.17, 15) is 9.59 Å². The number of carbonyl (C=O) groups excluding carboxylic acids is 2. The van der Waals surface area contributed by atoms with Gasteiger partial charge in [-0.3, -0.25) is 9.59 Å². The monoisotopic (exact) mass is 274 g/mol.